The van der Waals surface area contributed by atoms with Gasteiger partial charge in [0.15, 0.2) is 6.29 Å². The van der Waals surface area contributed by atoms with Gasteiger partial charge in [-0.15, -0.1) is 0 Å². The number of hydrogen-bond acceptors (Lipinski definition) is 5. The van der Waals surface area contributed by atoms with Gasteiger partial charge in [0.2, 0.25) is 0 Å². The van der Waals surface area contributed by atoms with Crippen molar-refractivity contribution in [3.8, 4) is 0 Å². The fraction of sp³-hybridized carbons (Fsp3) is 1.00. The highest BCUT2D eigenvalue weighted by Gasteiger charge is 2.61. The minimum absolute atomic E-state index is 0.00195. The van der Waals surface area contributed by atoms with Crippen LogP contribution in [0.5, 0.6) is 0 Å². The van der Waals surface area contributed by atoms with E-state index in [9.17, 15) is 8.42 Å². The monoisotopic (exact) mass is 386 g/mol. The first-order valence-corrected chi connectivity index (χ1v) is 12.1. The largest absolute Gasteiger partial charge is 0.356 e. The van der Waals surface area contributed by atoms with Gasteiger partial charge in [0, 0.05) is 7.11 Å². The Labute approximate surface area is 158 Å². The van der Waals surface area contributed by atoms with E-state index >= 15 is 0 Å². The Morgan fingerprint density at radius 3 is 2.31 bits per heavy atom. The van der Waals surface area contributed by atoms with Crippen molar-refractivity contribution in [2.45, 2.75) is 83.7 Å². The first kappa shape index (κ1) is 19.2. The van der Waals surface area contributed by atoms with E-state index in [0.29, 0.717) is 23.9 Å². The van der Waals surface area contributed by atoms with Crippen LogP contribution in [0.1, 0.15) is 65.2 Å². The molecule has 8 unspecified atom stereocenters. The Bertz CT molecular complexity index is 649. The molecule has 0 aromatic rings. The third-order valence-electron chi connectivity index (χ3n) is 8.48. The summed E-state index contributed by atoms with van der Waals surface area (Å²) < 4.78 is 40.8. The maximum absolute atomic E-state index is 11.7. The normalized spacial score (nSPS) is 51.4. The van der Waals surface area contributed by atoms with Crippen LogP contribution in [0.2, 0.25) is 0 Å². The molecule has 0 amide bonds. The van der Waals surface area contributed by atoms with E-state index in [1.54, 1.807) is 7.11 Å². The lowest BCUT2D eigenvalue weighted by Gasteiger charge is -2.60. The van der Waals surface area contributed by atoms with Gasteiger partial charge in [0.1, 0.15) is 0 Å². The van der Waals surface area contributed by atoms with Crippen molar-refractivity contribution < 1.29 is 22.1 Å². The van der Waals surface area contributed by atoms with Crippen LogP contribution in [0.25, 0.3) is 0 Å². The van der Waals surface area contributed by atoms with E-state index in [1.807, 2.05) is 0 Å². The summed E-state index contributed by atoms with van der Waals surface area (Å²) in [5, 5.41) is 0. The molecule has 8 atom stereocenters. The van der Waals surface area contributed by atoms with Crippen LogP contribution in [0.4, 0.5) is 0 Å². The van der Waals surface area contributed by atoms with Crippen LogP contribution in [0, 0.1) is 28.6 Å². The lowest BCUT2D eigenvalue weighted by Crippen LogP contribution is -2.57. The van der Waals surface area contributed by atoms with Crippen molar-refractivity contribution in [2.75, 3.05) is 13.4 Å². The maximum Gasteiger partial charge on any atom is 0.264 e. The lowest BCUT2D eigenvalue weighted by molar-refractivity contribution is -0.257. The average Bonchev–Trinajstić information content (AvgIpc) is 2.89. The van der Waals surface area contributed by atoms with Crippen LogP contribution < -0.4 is 0 Å². The van der Waals surface area contributed by atoms with Crippen LogP contribution >= 0.6 is 0 Å². The molecule has 0 aromatic heterocycles. The third kappa shape index (κ3) is 2.96. The highest BCUT2D eigenvalue weighted by molar-refractivity contribution is 7.86. The van der Waals surface area contributed by atoms with E-state index in [-0.39, 0.29) is 23.2 Å². The van der Waals surface area contributed by atoms with Gasteiger partial charge in [-0.3, -0.25) is 4.18 Å². The van der Waals surface area contributed by atoms with Crippen molar-refractivity contribution >= 4 is 10.1 Å². The highest BCUT2D eigenvalue weighted by atomic mass is 32.2. The SMILES string of the molecule is COC1CCC2(C)C(CCC3C2CCC2(C)C(OS(C)(=O)=O)CCC32)O1. The van der Waals surface area contributed by atoms with Crippen molar-refractivity contribution in [3.63, 3.8) is 0 Å². The molecule has 26 heavy (non-hydrogen) atoms. The molecule has 1 aliphatic heterocycles. The van der Waals surface area contributed by atoms with E-state index in [2.05, 4.69) is 13.8 Å². The number of fused-ring (bicyclic) bond motifs is 5. The topological polar surface area (TPSA) is 61.8 Å². The Kier molecular flexibility index (Phi) is 4.74. The summed E-state index contributed by atoms with van der Waals surface area (Å²) in [6, 6.07) is 0. The Balaban J connectivity index is 1.56. The Hall–Kier alpha value is -0.170. The molecule has 0 radical (unpaired) electrons. The summed E-state index contributed by atoms with van der Waals surface area (Å²) in [5.74, 6) is 1.92. The average molecular weight is 387 g/mol. The van der Waals surface area contributed by atoms with Gasteiger partial charge in [-0.1, -0.05) is 13.8 Å². The third-order valence-corrected chi connectivity index (χ3v) is 9.07. The van der Waals surface area contributed by atoms with E-state index in [4.69, 9.17) is 13.7 Å². The number of methoxy groups -OCH3 is 1. The van der Waals surface area contributed by atoms with Gasteiger partial charge >= 0.3 is 0 Å². The minimum atomic E-state index is -3.40. The van der Waals surface area contributed by atoms with Crippen molar-refractivity contribution in [1.29, 1.82) is 0 Å². The molecular weight excluding hydrogens is 352 g/mol. The smallest absolute Gasteiger partial charge is 0.264 e. The minimum Gasteiger partial charge on any atom is -0.356 e. The first-order chi connectivity index (χ1) is 12.2. The molecule has 5 nitrogen and oxygen atoms in total. The van der Waals surface area contributed by atoms with E-state index < -0.39 is 10.1 Å². The summed E-state index contributed by atoms with van der Waals surface area (Å²) in [6.07, 6.45) is 9.94. The molecule has 4 fully saturated rings. The van der Waals surface area contributed by atoms with E-state index in [0.717, 1.165) is 38.5 Å². The molecule has 6 heteroatoms. The molecule has 0 aromatic carbocycles. The van der Waals surface area contributed by atoms with Crippen LogP contribution in [-0.2, 0) is 23.8 Å². The molecule has 0 bridgehead atoms. The summed E-state index contributed by atoms with van der Waals surface area (Å²) in [4.78, 5) is 0. The van der Waals surface area contributed by atoms with Crippen molar-refractivity contribution in [1.82, 2.24) is 0 Å². The summed E-state index contributed by atoms with van der Waals surface area (Å²) in [6.45, 7) is 4.71. The number of ether oxygens (including phenoxy) is 2. The predicted octanol–water partition coefficient (Wildman–Crippen LogP) is 3.73. The molecule has 3 saturated carbocycles. The zero-order valence-electron chi connectivity index (χ0n) is 16.6. The fourth-order valence-corrected chi connectivity index (χ4v) is 7.90. The van der Waals surface area contributed by atoms with Gasteiger partial charge in [-0.05, 0) is 80.0 Å². The quantitative estimate of drug-likeness (QED) is 0.692. The molecule has 0 spiro atoms. The molecule has 150 valence electrons. The maximum atomic E-state index is 11.7. The fourth-order valence-electron chi connectivity index (χ4n) is 7.17. The second-order valence-electron chi connectivity index (χ2n) is 9.70. The zero-order valence-corrected chi connectivity index (χ0v) is 17.4. The summed E-state index contributed by atoms with van der Waals surface area (Å²) in [7, 11) is -1.66. The lowest BCUT2D eigenvalue weighted by atomic mass is 9.48. The molecule has 4 rings (SSSR count). The number of rotatable bonds is 3. The predicted molar refractivity (Wildman–Crippen MR) is 99.0 cm³/mol. The standard InChI is InChI=1S/C20H34O5S/c1-19-12-10-18(23-3)24-16(19)7-5-13-14-6-8-17(25-26(4,21)22)20(14,2)11-9-15(13)19/h13-18H,5-12H2,1-4H3. The summed E-state index contributed by atoms with van der Waals surface area (Å²) >= 11 is 0. The molecule has 1 saturated heterocycles. The molecule has 1 heterocycles. The molecular formula is C20H34O5S. The second-order valence-corrected chi connectivity index (χ2v) is 11.3. The van der Waals surface area contributed by atoms with Crippen LogP contribution in [0.3, 0.4) is 0 Å². The van der Waals surface area contributed by atoms with Crippen molar-refractivity contribution in [2.24, 2.45) is 28.6 Å². The van der Waals surface area contributed by atoms with Gasteiger partial charge in [-0.2, -0.15) is 8.42 Å². The first-order valence-electron chi connectivity index (χ1n) is 10.2. The molecule has 0 N–H and O–H groups in total. The summed E-state index contributed by atoms with van der Waals surface area (Å²) in [5.41, 5.74) is 0.229. The second kappa shape index (κ2) is 6.43. The van der Waals surface area contributed by atoms with Crippen LogP contribution in [0.15, 0.2) is 0 Å². The zero-order chi connectivity index (χ0) is 18.7. The number of hydrogen-bond donors (Lipinski definition) is 0. The highest BCUT2D eigenvalue weighted by Crippen LogP contribution is 2.65. The van der Waals surface area contributed by atoms with Crippen molar-refractivity contribution in [3.05, 3.63) is 0 Å². The van der Waals surface area contributed by atoms with Gasteiger partial charge in [0.25, 0.3) is 10.1 Å². The van der Waals surface area contributed by atoms with E-state index in [1.165, 1.54) is 19.1 Å². The van der Waals surface area contributed by atoms with Gasteiger partial charge in [0.05, 0.1) is 18.5 Å². The van der Waals surface area contributed by atoms with Gasteiger partial charge in [-0.25, -0.2) is 0 Å². The molecule has 4 aliphatic rings. The molecule has 3 aliphatic carbocycles. The van der Waals surface area contributed by atoms with Crippen LogP contribution in [-0.4, -0.2) is 40.3 Å². The Morgan fingerprint density at radius 2 is 1.62 bits per heavy atom. The van der Waals surface area contributed by atoms with Gasteiger partial charge < -0.3 is 9.47 Å². The Morgan fingerprint density at radius 1 is 0.923 bits per heavy atom.